The Morgan fingerprint density at radius 2 is 2.07 bits per heavy atom. The van der Waals surface area contributed by atoms with Gasteiger partial charge in [-0.05, 0) is 50.5 Å². The van der Waals surface area contributed by atoms with Crippen LogP contribution >= 0.6 is 11.6 Å². The lowest BCUT2D eigenvalue weighted by atomic mass is 10.2. The number of esters is 1. The first kappa shape index (κ1) is 20.8. The number of carbonyl (C=O) groups excluding carboxylic acids is 2. The van der Waals surface area contributed by atoms with Crippen molar-refractivity contribution in [3.05, 3.63) is 40.6 Å². The number of nitrogens with one attached hydrogen (secondary N) is 1. The molecule has 27 heavy (non-hydrogen) atoms. The van der Waals surface area contributed by atoms with Gasteiger partial charge in [-0.2, -0.15) is 0 Å². The van der Waals surface area contributed by atoms with Crippen LogP contribution in [0.2, 0.25) is 5.02 Å². The summed E-state index contributed by atoms with van der Waals surface area (Å²) in [4.78, 5) is 24.1. The minimum absolute atomic E-state index is 0.152. The lowest BCUT2D eigenvalue weighted by Crippen LogP contribution is -2.32. The molecule has 0 bridgehead atoms. The lowest BCUT2D eigenvalue weighted by molar-refractivity contribution is -0.154. The van der Waals surface area contributed by atoms with Crippen LogP contribution in [-0.2, 0) is 14.3 Å². The van der Waals surface area contributed by atoms with Gasteiger partial charge in [0.1, 0.15) is 11.5 Å². The molecular weight excluding hydrogens is 372 g/mol. The quantitative estimate of drug-likeness (QED) is 0.509. The zero-order valence-electron chi connectivity index (χ0n) is 15.6. The van der Waals surface area contributed by atoms with E-state index in [9.17, 15) is 9.59 Å². The molecule has 1 N–H and O–H groups in total. The fraction of sp³-hybridized carbons (Fsp3) is 0.421. The number of rotatable bonds is 9. The van der Waals surface area contributed by atoms with Crippen molar-refractivity contribution in [3.63, 3.8) is 0 Å². The molecule has 0 spiro atoms. The topological polar surface area (TPSA) is 90.7 Å². The van der Waals surface area contributed by atoms with Crippen LogP contribution in [0.25, 0.3) is 0 Å². The first-order valence-corrected chi connectivity index (χ1v) is 9.09. The number of aromatic nitrogens is 1. The van der Waals surface area contributed by atoms with Crippen LogP contribution in [0.1, 0.15) is 37.5 Å². The molecule has 1 heterocycles. The van der Waals surface area contributed by atoms with Gasteiger partial charge in [-0.15, -0.1) is 0 Å². The maximum Gasteiger partial charge on any atom is 0.306 e. The summed E-state index contributed by atoms with van der Waals surface area (Å²) in [6.45, 7) is 5.73. The Morgan fingerprint density at radius 1 is 1.30 bits per heavy atom. The average molecular weight is 395 g/mol. The second kappa shape index (κ2) is 9.97. The van der Waals surface area contributed by atoms with Crippen molar-refractivity contribution >= 4 is 29.3 Å². The predicted octanol–water partition coefficient (Wildman–Crippen LogP) is 4.06. The maximum absolute atomic E-state index is 12.2. The summed E-state index contributed by atoms with van der Waals surface area (Å²) in [5.41, 5.74) is 0.924. The molecule has 1 amide bonds. The third kappa shape index (κ3) is 6.60. The molecule has 146 valence electrons. The molecule has 1 aromatic heterocycles. The highest BCUT2D eigenvalue weighted by Crippen LogP contribution is 2.21. The van der Waals surface area contributed by atoms with E-state index in [0.29, 0.717) is 41.8 Å². The Labute approximate surface area is 163 Å². The Balaban J connectivity index is 1.72. The summed E-state index contributed by atoms with van der Waals surface area (Å²) in [5.74, 6) is 0.667. The number of nitrogens with zero attached hydrogens (tertiary/aromatic N) is 1. The molecule has 0 fully saturated rings. The number of benzene rings is 1. The number of ether oxygens (including phenoxy) is 2. The zero-order valence-corrected chi connectivity index (χ0v) is 16.3. The van der Waals surface area contributed by atoms with Gasteiger partial charge in [0, 0.05) is 17.5 Å². The monoisotopic (exact) mass is 394 g/mol. The summed E-state index contributed by atoms with van der Waals surface area (Å²) < 4.78 is 15.7. The van der Waals surface area contributed by atoms with E-state index in [2.05, 4.69) is 10.5 Å². The van der Waals surface area contributed by atoms with Crippen molar-refractivity contribution in [3.8, 4) is 5.75 Å². The van der Waals surface area contributed by atoms with E-state index < -0.39 is 18.0 Å². The Morgan fingerprint density at radius 3 is 2.70 bits per heavy atom. The van der Waals surface area contributed by atoms with Crippen molar-refractivity contribution < 1.29 is 23.6 Å². The van der Waals surface area contributed by atoms with Gasteiger partial charge in [0.15, 0.2) is 11.9 Å². The van der Waals surface area contributed by atoms with Gasteiger partial charge in [-0.3, -0.25) is 9.59 Å². The van der Waals surface area contributed by atoms with E-state index in [1.165, 1.54) is 0 Å². The number of hydrogen-bond acceptors (Lipinski definition) is 6. The molecule has 2 rings (SSSR count). The summed E-state index contributed by atoms with van der Waals surface area (Å²) in [7, 11) is 0. The van der Waals surface area contributed by atoms with Crippen LogP contribution in [0, 0.1) is 13.8 Å². The van der Waals surface area contributed by atoms with Gasteiger partial charge in [0.05, 0.1) is 6.61 Å². The smallest absolute Gasteiger partial charge is 0.306 e. The number of halogens is 1. The molecule has 1 atom stereocenters. The standard InChI is InChI=1S/C19H23ClN2O5/c1-4-16(19(24)21-17-11-13(3)27-22-17)26-18(23)6-5-9-25-14-7-8-15(20)12(2)10-14/h7-8,10-11,16H,4-6,9H2,1-3H3,(H,21,22,24). The van der Waals surface area contributed by atoms with Crippen molar-refractivity contribution in [2.24, 2.45) is 0 Å². The van der Waals surface area contributed by atoms with E-state index in [1.54, 1.807) is 32.0 Å². The summed E-state index contributed by atoms with van der Waals surface area (Å²) >= 11 is 5.96. The highest BCUT2D eigenvalue weighted by Gasteiger charge is 2.22. The van der Waals surface area contributed by atoms with Crippen molar-refractivity contribution in [2.45, 2.75) is 46.1 Å². The van der Waals surface area contributed by atoms with E-state index >= 15 is 0 Å². The first-order chi connectivity index (χ1) is 12.9. The Kier molecular flexibility index (Phi) is 7.67. The van der Waals surface area contributed by atoms with Gasteiger partial charge in [0.25, 0.3) is 5.91 Å². The normalized spacial score (nSPS) is 11.7. The van der Waals surface area contributed by atoms with Crippen LogP contribution in [0.5, 0.6) is 5.75 Å². The zero-order chi connectivity index (χ0) is 19.8. The van der Waals surface area contributed by atoms with Crippen LogP contribution < -0.4 is 10.1 Å². The number of anilines is 1. The minimum Gasteiger partial charge on any atom is -0.494 e. The largest absolute Gasteiger partial charge is 0.494 e. The highest BCUT2D eigenvalue weighted by atomic mass is 35.5. The van der Waals surface area contributed by atoms with Crippen molar-refractivity contribution in [1.82, 2.24) is 5.16 Å². The van der Waals surface area contributed by atoms with Gasteiger partial charge in [-0.1, -0.05) is 23.7 Å². The Hall–Kier alpha value is -2.54. The predicted molar refractivity (Wildman–Crippen MR) is 101 cm³/mol. The molecule has 0 aliphatic carbocycles. The third-order valence-corrected chi connectivity index (χ3v) is 4.16. The van der Waals surface area contributed by atoms with Gasteiger partial charge >= 0.3 is 5.97 Å². The molecule has 0 aliphatic heterocycles. The van der Waals surface area contributed by atoms with Gasteiger partial charge < -0.3 is 19.3 Å². The van der Waals surface area contributed by atoms with E-state index in [4.69, 9.17) is 25.6 Å². The third-order valence-electron chi connectivity index (χ3n) is 3.74. The van der Waals surface area contributed by atoms with E-state index in [1.807, 2.05) is 13.0 Å². The van der Waals surface area contributed by atoms with Crippen molar-refractivity contribution in [2.75, 3.05) is 11.9 Å². The summed E-state index contributed by atoms with van der Waals surface area (Å²) in [6, 6.07) is 6.96. The van der Waals surface area contributed by atoms with E-state index in [0.717, 1.165) is 5.56 Å². The highest BCUT2D eigenvalue weighted by molar-refractivity contribution is 6.31. The minimum atomic E-state index is -0.880. The van der Waals surface area contributed by atoms with Crippen LogP contribution in [-0.4, -0.2) is 29.7 Å². The summed E-state index contributed by atoms with van der Waals surface area (Å²) in [5, 5.41) is 6.92. The maximum atomic E-state index is 12.2. The number of hydrogen-bond donors (Lipinski definition) is 1. The number of carbonyl (C=O) groups is 2. The molecule has 7 nitrogen and oxygen atoms in total. The Bertz CT molecular complexity index is 790. The van der Waals surface area contributed by atoms with E-state index in [-0.39, 0.29) is 6.42 Å². The molecular formula is C19H23ClN2O5. The second-order valence-electron chi connectivity index (χ2n) is 6.06. The second-order valence-corrected chi connectivity index (χ2v) is 6.47. The molecule has 0 saturated heterocycles. The fourth-order valence-electron chi connectivity index (χ4n) is 2.29. The average Bonchev–Trinajstić information content (AvgIpc) is 3.04. The molecule has 1 unspecified atom stereocenters. The fourth-order valence-corrected chi connectivity index (χ4v) is 2.40. The molecule has 2 aromatic rings. The molecule has 0 saturated carbocycles. The number of aryl methyl sites for hydroxylation is 2. The van der Waals surface area contributed by atoms with Crippen LogP contribution in [0.3, 0.4) is 0 Å². The van der Waals surface area contributed by atoms with Gasteiger partial charge in [-0.25, -0.2) is 0 Å². The van der Waals surface area contributed by atoms with Crippen LogP contribution in [0.4, 0.5) is 5.82 Å². The molecule has 0 aliphatic rings. The first-order valence-electron chi connectivity index (χ1n) is 8.71. The van der Waals surface area contributed by atoms with Gasteiger partial charge in [0.2, 0.25) is 0 Å². The van der Waals surface area contributed by atoms with Crippen molar-refractivity contribution in [1.29, 1.82) is 0 Å². The van der Waals surface area contributed by atoms with Crippen LogP contribution in [0.15, 0.2) is 28.8 Å². The molecule has 1 aromatic carbocycles. The number of amides is 1. The molecule has 8 heteroatoms. The summed E-state index contributed by atoms with van der Waals surface area (Å²) in [6.07, 6.45) is 0.101. The SMILES string of the molecule is CCC(OC(=O)CCCOc1ccc(Cl)c(C)c1)C(=O)Nc1cc(C)on1. The molecule has 0 radical (unpaired) electrons. The lowest BCUT2D eigenvalue weighted by Gasteiger charge is -2.15.